The molecule has 0 bridgehead atoms. The number of para-hydroxylation sites is 1. The Morgan fingerprint density at radius 3 is 2.79 bits per heavy atom. The maximum Gasteiger partial charge on any atom is 0.151 e. The topological polar surface area (TPSA) is 43.8 Å². The second kappa shape index (κ2) is 5.01. The molecule has 0 fully saturated rings. The molecule has 0 aliphatic rings. The van der Waals surface area contributed by atoms with E-state index in [0.29, 0.717) is 6.54 Å². The molecule has 0 amide bonds. The molecule has 6 heteroatoms. The minimum atomic E-state index is 0.506. The predicted octanol–water partition coefficient (Wildman–Crippen LogP) is 4.29. The average molecular weight is 401 g/mol. The lowest BCUT2D eigenvalue weighted by molar-refractivity contribution is 0.963. The van der Waals surface area contributed by atoms with Gasteiger partial charge in [-0.3, -0.25) is 0 Å². The Labute approximate surface area is 131 Å². The van der Waals surface area contributed by atoms with Crippen molar-refractivity contribution in [3.05, 3.63) is 38.1 Å². The maximum absolute atomic E-state index is 5.78. The van der Waals surface area contributed by atoms with Crippen LogP contribution >= 0.6 is 43.2 Å². The largest absolute Gasteiger partial charge is 0.326 e. The summed E-state index contributed by atoms with van der Waals surface area (Å²) in [7, 11) is 2.03. The number of hydrogen-bond acceptors (Lipinski definition) is 3. The number of rotatable bonds is 2. The summed E-state index contributed by atoms with van der Waals surface area (Å²) < 4.78 is 4.24. The smallest absolute Gasteiger partial charge is 0.151 e. The molecule has 0 saturated heterocycles. The van der Waals surface area contributed by atoms with Gasteiger partial charge in [-0.2, -0.15) is 0 Å². The number of aryl methyl sites for hydroxylation is 1. The van der Waals surface area contributed by atoms with E-state index in [1.165, 1.54) is 0 Å². The van der Waals surface area contributed by atoms with E-state index in [1.807, 2.05) is 19.2 Å². The van der Waals surface area contributed by atoms with E-state index in [9.17, 15) is 0 Å². The lowest BCUT2D eigenvalue weighted by Crippen LogP contribution is -1.97. The van der Waals surface area contributed by atoms with Crippen LogP contribution in [0.5, 0.6) is 0 Å². The molecule has 1 aromatic carbocycles. The normalized spacial score (nSPS) is 11.4. The average Bonchev–Trinajstić information content (AvgIpc) is 2.91. The number of thiophene rings is 1. The highest BCUT2D eigenvalue weighted by molar-refractivity contribution is 9.13. The zero-order valence-electron chi connectivity index (χ0n) is 10.2. The molecule has 0 unspecified atom stereocenters. The minimum absolute atomic E-state index is 0.506. The second-order valence-electron chi connectivity index (χ2n) is 4.22. The molecule has 0 radical (unpaired) electrons. The third kappa shape index (κ3) is 2.16. The van der Waals surface area contributed by atoms with Crippen LogP contribution in [0.25, 0.3) is 21.7 Å². The molecule has 2 heterocycles. The van der Waals surface area contributed by atoms with Crippen molar-refractivity contribution in [3.8, 4) is 10.7 Å². The number of nitrogens with two attached hydrogens (primary N) is 1. The molecule has 3 rings (SSSR count). The number of hydrogen-bond donors (Lipinski definition) is 1. The summed E-state index contributed by atoms with van der Waals surface area (Å²) in [4.78, 5) is 5.88. The van der Waals surface area contributed by atoms with Crippen molar-refractivity contribution in [2.45, 2.75) is 6.54 Å². The Kier molecular flexibility index (Phi) is 3.51. The minimum Gasteiger partial charge on any atom is -0.326 e. The number of halogens is 2. The summed E-state index contributed by atoms with van der Waals surface area (Å²) in [6.45, 7) is 0.506. The van der Waals surface area contributed by atoms with Gasteiger partial charge >= 0.3 is 0 Å². The van der Waals surface area contributed by atoms with Crippen LogP contribution < -0.4 is 5.73 Å². The molecule has 19 heavy (non-hydrogen) atoms. The summed E-state index contributed by atoms with van der Waals surface area (Å²) in [6.07, 6.45) is 0. The van der Waals surface area contributed by atoms with Gasteiger partial charge in [-0.05, 0) is 49.6 Å². The molecule has 0 aliphatic heterocycles. The van der Waals surface area contributed by atoms with Gasteiger partial charge in [0.05, 0.1) is 19.7 Å². The molecule has 98 valence electrons. The van der Waals surface area contributed by atoms with Crippen LogP contribution in [-0.2, 0) is 13.6 Å². The Hall–Kier alpha value is -0.690. The van der Waals surface area contributed by atoms with Crippen molar-refractivity contribution in [2.75, 3.05) is 0 Å². The molecule has 0 spiro atoms. The number of imidazole rings is 1. The van der Waals surface area contributed by atoms with Crippen LogP contribution in [0.1, 0.15) is 5.56 Å². The van der Waals surface area contributed by atoms with Crippen molar-refractivity contribution < 1.29 is 0 Å². The van der Waals surface area contributed by atoms with E-state index >= 15 is 0 Å². The molecule has 3 aromatic rings. The second-order valence-corrected chi connectivity index (χ2v) is 7.44. The quantitative estimate of drug-likeness (QED) is 0.697. The summed E-state index contributed by atoms with van der Waals surface area (Å²) >= 11 is 8.71. The number of aromatic nitrogens is 2. The van der Waals surface area contributed by atoms with E-state index in [2.05, 4.69) is 48.6 Å². The zero-order chi connectivity index (χ0) is 13.6. The van der Waals surface area contributed by atoms with Gasteiger partial charge in [0.1, 0.15) is 0 Å². The lowest BCUT2D eigenvalue weighted by Gasteiger charge is -1.99. The molecule has 0 aliphatic carbocycles. The van der Waals surface area contributed by atoms with E-state index in [1.54, 1.807) is 11.3 Å². The van der Waals surface area contributed by atoms with Gasteiger partial charge in [0.2, 0.25) is 0 Å². The lowest BCUT2D eigenvalue weighted by atomic mass is 10.2. The zero-order valence-corrected chi connectivity index (χ0v) is 14.1. The summed E-state index contributed by atoms with van der Waals surface area (Å²) in [5, 5.41) is 0. The first kappa shape index (κ1) is 13.3. The highest BCUT2D eigenvalue weighted by atomic mass is 79.9. The van der Waals surface area contributed by atoms with E-state index < -0.39 is 0 Å². The third-order valence-electron chi connectivity index (χ3n) is 3.08. The maximum atomic E-state index is 5.78. The molecular weight excluding hydrogens is 390 g/mol. The van der Waals surface area contributed by atoms with Crippen molar-refractivity contribution in [1.29, 1.82) is 0 Å². The highest BCUT2D eigenvalue weighted by Crippen LogP contribution is 2.38. The van der Waals surface area contributed by atoms with Crippen molar-refractivity contribution in [2.24, 2.45) is 12.8 Å². The fourth-order valence-corrected chi connectivity index (χ4v) is 4.18. The van der Waals surface area contributed by atoms with Crippen LogP contribution in [0.4, 0.5) is 0 Å². The molecule has 0 saturated carbocycles. The van der Waals surface area contributed by atoms with Gasteiger partial charge in [0.25, 0.3) is 0 Å². The van der Waals surface area contributed by atoms with E-state index in [0.717, 1.165) is 35.6 Å². The first-order valence-corrected chi connectivity index (χ1v) is 8.11. The van der Waals surface area contributed by atoms with Crippen LogP contribution in [0.3, 0.4) is 0 Å². The predicted molar refractivity (Wildman–Crippen MR) is 87.3 cm³/mol. The Bertz CT molecular complexity index is 741. The van der Waals surface area contributed by atoms with Crippen molar-refractivity contribution in [3.63, 3.8) is 0 Å². The van der Waals surface area contributed by atoms with E-state index in [-0.39, 0.29) is 0 Å². The van der Waals surface area contributed by atoms with Crippen molar-refractivity contribution in [1.82, 2.24) is 9.55 Å². The number of fused-ring (bicyclic) bond motifs is 1. The Morgan fingerprint density at radius 2 is 2.16 bits per heavy atom. The molecule has 2 N–H and O–H groups in total. The van der Waals surface area contributed by atoms with Gasteiger partial charge in [0.15, 0.2) is 5.82 Å². The van der Waals surface area contributed by atoms with Crippen LogP contribution in [0.2, 0.25) is 0 Å². The highest BCUT2D eigenvalue weighted by Gasteiger charge is 2.15. The van der Waals surface area contributed by atoms with E-state index in [4.69, 9.17) is 10.7 Å². The third-order valence-corrected chi connectivity index (χ3v) is 6.33. The summed E-state index contributed by atoms with van der Waals surface area (Å²) in [5.41, 5.74) is 8.96. The van der Waals surface area contributed by atoms with Crippen LogP contribution in [0, 0.1) is 0 Å². The van der Waals surface area contributed by atoms with Gasteiger partial charge in [-0.1, -0.05) is 12.1 Å². The first-order valence-electron chi connectivity index (χ1n) is 5.71. The molecule has 0 atom stereocenters. The summed E-state index contributed by atoms with van der Waals surface area (Å²) in [6, 6.07) is 8.20. The number of nitrogens with zero attached hydrogens (tertiary/aromatic N) is 2. The fraction of sp³-hybridized carbons (Fsp3) is 0.154. The Morgan fingerprint density at radius 1 is 1.37 bits per heavy atom. The molecule has 2 aromatic heterocycles. The molecule has 3 nitrogen and oxygen atoms in total. The van der Waals surface area contributed by atoms with Gasteiger partial charge in [-0.15, -0.1) is 11.3 Å². The van der Waals surface area contributed by atoms with Crippen molar-refractivity contribution >= 4 is 54.2 Å². The standard InChI is InChI=1S/C13H11Br2N3S/c1-18-9-4-2-3-7(6-16)11(9)17-13(18)10-5-8(14)12(15)19-10/h2-5H,6,16H2,1H3. The SMILES string of the molecule is Cn1c(-c2cc(Br)c(Br)s2)nc2c(CN)cccc21. The summed E-state index contributed by atoms with van der Waals surface area (Å²) in [5.74, 6) is 0.965. The molecular formula is C13H11Br2N3S. The van der Waals surface area contributed by atoms with Gasteiger partial charge < -0.3 is 10.3 Å². The number of benzene rings is 1. The van der Waals surface area contributed by atoms with Crippen LogP contribution in [0.15, 0.2) is 32.5 Å². The van der Waals surface area contributed by atoms with Gasteiger partial charge in [-0.25, -0.2) is 4.98 Å². The first-order chi connectivity index (χ1) is 9.11. The fourth-order valence-electron chi connectivity index (χ4n) is 2.11. The Balaban J connectivity index is 2.27. The van der Waals surface area contributed by atoms with Gasteiger partial charge in [0, 0.05) is 18.1 Å². The van der Waals surface area contributed by atoms with Crippen LogP contribution in [-0.4, -0.2) is 9.55 Å². The monoisotopic (exact) mass is 399 g/mol.